The van der Waals surface area contributed by atoms with E-state index in [0.717, 1.165) is 0 Å². The Morgan fingerprint density at radius 2 is 2.17 bits per heavy atom. The largest absolute Gasteiger partial charge is 0.495 e. The molecule has 0 unspecified atom stereocenters. The minimum atomic E-state index is -0.447. The number of anilines is 1. The summed E-state index contributed by atoms with van der Waals surface area (Å²) in [4.78, 5) is 17.1. The molecule has 0 saturated carbocycles. The number of amides is 1. The van der Waals surface area contributed by atoms with Gasteiger partial charge in [-0.2, -0.15) is 0 Å². The Balaban J connectivity index is 2.06. The Labute approximate surface area is 143 Å². The number of imidazole rings is 1. The zero-order valence-corrected chi connectivity index (χ0v) is 13.9. The quantitative estimate of drug-likeness (QED) is 0.777. The number of rotatable bonds is 4. The lowest BCUT2D eigenvalue weighted by molar-refractivity contribution is 0.102. The van der Waals surface area contributed by atoms with Crippen LogP contribution in [0.15, 0.2) is 36.5 Å². The summed E-state index contributed by atoms with van der Waals surface area (Å²) in [5.41, 5.74) is 1.81. The third kappa shape index (κ3) is 2.92. The zero-order valence-electron chi connectivity index (χ0n) is 13.1. The van der Waals surface area contributed by atoms with Gasteiger partial charge in [0.25, 0.3) is 5.91 Å². The Bertz CT molecular complexity index is 924. The van der Waals surface area contributed by atoms with Crippen molar-refractivity contribution in [2.45, 2.75) is 13.3 Å². The first-order valence-corrected chi connectivity index (χ1v) is 7.72. The van der Waals surface area contributed by atoms with Gasteiger partial charge >= 0.3 is 0 Å². The fourth-order valence-electron chi connectivity index (χ4n) is 2.51. The molecule has 5 nitrogen and oxygen atoms in total. The normalized spacial score (nSPS) is 10.8. The van der Waals surface area contributed by atoms with Gasteiger partial charge in [-0.3, -0.25) is 9.20 Å². The van der Waals surface area contributed by atoms with Crippen LogP contribution in [0, 0.1) is 5.82 Å². The number of carbonyl (C=O) groups excluding carboxylic acids is 1. The van der Waals surface area contributed by atoms with Crippen LogP contribution in [0.2, 0.25) is 5.02 Å². The van der Waals surface area contributed by atoms with Gasteiger partial charge in [-0.1, -0.05) is 18.5 Å². The van der Waals surface area contributed by atoms with Crippen molar-refractivity contribution in [2.24, 2.45) is 0 Å². The van der Waals surface area contributed by atoms with Crippen LogP contribution in [0.4, 0.5) is 10.1 Å². The van der Waals surface area contributed by atoms with E-state index in [2.05, 4.69) is 10.3 Å². The zero-order chi connectivity index (χ0) is 17.3. The predicted molar refractivity (Wildman–Crippen MR) is 90.5 cm³/mol. The second kappa shape index (κ2) is 6.49. The Morgan fingerprint density at radius 1 is 1.38 bits per heavy atom. The smallest absolute Gasteiger partial charge is 0.274 e. The van der Waals surface area contributed by atoms with Crippen LogP contribution in [0.25, 0.3) is 5.65 Å². The molecule has 1 N–H and O–H groups in total. The molecule has 3 aromatic rings. The second-order valence-corrected chi connectivity index (χ2v) is 5.57. The van der Waals surface area contributed by atoms with Crippen molar-refractivity contribution in [1.82, 2.24) is 9.38 Å². The molecule has 7 heteroatoms. The molecule has 0 bridgehead atoms. The summed E-state index contributed by atoms with van der Waals surface area (Å²) in [6, 6.07) is 7.76. The first-order valence-electron chi connectivity index (χ1n) is 7.35. The number of nitrogens with zero attached hydrogens (tertiary/aromatic N) is 2. The van der Waals surface area contributed by atoms with Crippen molar-refractivity contribution < 1.29 is 13.9 Å². The van der Waals surface area contributed by atoms with Gasteiger partial charge in [0.05, 0.1) is 18.5 Å². The molecule has 0 spiro atoms. The van der Waals surface area contributed by atoms with Crippen LogP contribution in [-0.2, 0) is 6.42 Å². The summed E-state index contributed by atoms with van der Waals surface area (Å²) in [5.74, 6) is -0.381. The molecule has 0 fully saturated rings. The number of pyridine rings is 1. The van der Waals surface area contributed by atoms with E-state index in [4.69, 9.17) is 16.3 Å². The third-order valence-electron chi connectivity index (χ3n) is 3.61. The van der Waals surface area contributed by atoms with E-state index in [0.29, 0.717) is 34.2 Å². The number of fused-ring (bicyclic) bond motifs is 1. The van der Waals surface area contributed by atoms with Crippen molar-refractivity contribution in [3.05, 3.63) is 58.8 Å². The molecule has 0 atom stereocenters. The summed E-state index contributed by atoms with van der Waals surface area (Å²) in [6.45, 7) is 1.88. The number of aromatic nitrogens is 2. The number of ether oxygens (including phenoxy) is 1. The van der Waals surface area contributed by atoms with Gasteiger partial charge in [0.15, 0.2) is 0 Å². The molecule has 124 valence electrons. The predicted octanol–water partition coefficient (Wildman–Crippen LogP) is 3.95. The minimum absolute atomic E-state index is 0.286. The van der Waals surface area contributed by atoms with E-state index < -0.39 is 11.7 Å². The van der Waals surface area contributed by atoms with Gasteiger partial charge in [-0.15, -0.1) is 0 Å². The maximum absolute atomic E-state index is 13.6. The van der Waals surface area contributed by atoms with Crippen molar-refractivity contribution >= 4 is 28.8 Å². The van der Waals surface area contributed by atoms with Crippen LogP contribution in [-0.4, -0.2) is 22.4 Å². The molecule has 0 radical (unpaired) electrons. The monoisotopic (exact) mass is 347 g/mol. The van der Waals surface area contributed by atoms with Gasteiger partial charge in [-0.05, 0) is 36.8 Å². The van der Waals surface area contributed by atoms with Gasteiger partial charge in [-0.25, -0.2) is 9.37 Å². The van der Waals surface area contributed by atoms with E-state index in [1.54, 1.807) is 18.2 Å². The van der Waals surface area contributed by atoms with Gasteiger partial charge in [0, 0.05) is 11.2 Å². The van der Waals surface area contributed by atoms with Crippen LogP contribution in [0.1, 0.15) is 23.1 Å². The molecular weight excluding hydrogens is 333 g/mol. The van der Waals surface area contributed by atoms with Gasteiger partial charge < -0.3 is 10.1 Å². The molecule has 0 aliphatic rings. The lowest BCUT2D eigenvalue weighted by atomic mass is 10.2. The van der Waals surface area contributed by atoms with Gasteiger partial charge in [0.2, 0.25) is 0 Å². The maximum atomic E-state index is 13.6. The SMILES string of the molecule is CCc1nc2ccc(F)cn2c1C(=O)Nc1cc(Cl)ccc1OC. The Kier molecular flexibility index (Phi) is 4.40. The molecule has 2 aromatic heterocycles. The number of hydrogen-bond donors (Lipinski definition) is 1. The van der Waals surface area contributed by atoms with E-state index in [1.165, 1.54) is 29.8 Å². The molecular formula is C17H15ClFN3O2. The molecule has 1 aromatic carbocycles. The highest BCUT2D eigenvalue weighted by Crippen LogP contribution is 2.28. The summed E-state index contributed by atoms with van der Waals surface area (Å²) < 4.78 is 20.2. The number of aryl methyl sites for hydroxylation is 1. The molecule has 3 rings (SSSR count). The number of methoxy groups -OCH3 is 1. The number of halogens is 2. The van der Waals surface area contributed by atoms with E-state index >= 15 is 0 Å². The average molecular weight is 348 g/mol. The van der Waals surface area contributed by atoms with Gasteiger partial charge in [0.1, 0.15) is 22.9 Å². The Morgan fingerprint density at radius 3 is 2.88 bits per heavy atom. The Hall–Kier alpha value is -2.60. The number of carbonyl (C=O) groups is 1. The second-order valence-electron chi connectivity index (χ2n) is 5.13. The van der Waals surface area contributed by atoms with Crippen molar-refractivity contribution in [1.29, 1.82) is 0 Å². The summed E-state index contributed by atoms with van der Waals surface area (Å²) >= 11 is 5.98. The molecule has 1 amide bonds. The highest BCUT2D eigenvalue weighted by Gasteiger charge is 2.20. The van der Waals surface area contributed by atoms with Crippen molar-refractivity contribution in [2.75, 3.05) is 12.4 Å². The van der Waals surface area contributed by atoms with Crippen molar-refractivity contribution in [3.63, 3.8) is 0 Å². The highest BCUT2D eigenvalue weighted by molar-refractivity contribution is 6.31. The lowest BCUT2D eigenvalue weighted by Gasteiger charge is -2.11. The van der Waals surface area contributed by atoms with E-state index in [1.807, 2.05) is 6.92 Å². The fourth-order valence-corrected chi connectivity index (χ4v) is 2.69. The molecule has 24 heavy (non-hydrogen) atoms. The van der Waals surface area contributed by atoms with Crippen LogP contribution >= 0.6 is 11.6 Å². The van der Waals surface area contributed by atoms with Crippen LogP contribution in [0.3, 0.4) is 0 Å². The average Bonchev–Trinajstić information content (AvgIpc) is 2.92. The summed E-state index contributed by atoms with van der Waals surface area (Å²) in [7, 11) is 1.50. The molecule has 0 saturated heterocycles. The maximum Gasteiger partial charge on any atom is 0.274 e. The number of nitrogens with one attached hydrogen (secondary N) is 1. The number of hydrogen-bond acceptors (Lipinski definition) is 3. The van der Waals surface area contributed by atoms with Crippen LogP contribution in [0.5, 0.6) is 5.75 Å². The van der Waals surface area contributed by atoms with Crippen molar-refractivity contribution in [3.8, 4) is 5.75 Å². The van der Waals surface area contributed by atoms with E-state index in [-0.39, 0.29) is 5.69 Å². The standard InChI is InChI=1S/C17H15ClFN3O2/c1-3-12-16(22-9-11(19)5-7-15(22)20-12)17(23)21-13-8-10(18)4-6-14(13)24-2/h4-9H,3H2,1-2H3,(H,21,23). The lowest BCUT2D eigenvalue weighted by Crippen LogP contribution is -2.17. The summed E-state index contributed by atoms with van der Waals surface area (Å²) in [6.07, 6.45) is 1.78. The first kappa shape index (κ1) is 16.3. The fraction of sp³-hybridized carbons (Fsp3) is 0.176. The molecule has 0 aliphatic carbocycles. The van der Waals surface area contributed by atoms with Crippen LogP contribution < -0.4 is 10.1 Å². The summed E-state index contributed by atoms with van der Waals surface area (Å²) in [5, 5.41) is 3.22. The first-order chi connectivity index (χ1) is 11.5. The molecule has 0 aliphatic heterocycles. The van der Waals surface area contributed by atoms with E-state index in [9.17, 15) is 9.18 Å². The third-order valence-corrected chi connectivity index (χ3v) is 3.85. The highest BCUT2D eigenvalue weighted by atomic mass is 35.5. The number of benzene rings is 1. The minimum Gasteiger partial charge on any atom is -0.495 e. The topological polar surface area (TPSA) is 55.6 Å². The molecule has 2 heterocycles.